The number of rotatable bonds is 4. The second-order valence-electron chi connectivity index (χ2n) is 4.29. The lowest BCUT2D eigenvalue weighted by Crippen LogP contribution is -2.24. The van der Waals surface area contributed by atoms with Gasteiger partial charge in [0.2, 0.25) is 10.0 Å². The Kier molecular flexibility index (Phi) is 4.21. The van der Waals surface area contributed by atoms with E-state index in [9.17, 15) is 12.8 Å². The van der Waals surface area contributed by atoms with Gasteiger partial charge in [-0.25, -0.2) is 17.5 Å². The van der Waals surface area contributed by atoms with E-state index in [0.717, 1.165) is 6.07 Å². The van der Waals surface area contributed by atoms with Crippen LogP contribution in [0.5, 0.6) is 0 Å². The minimum atomic E-state index is -3.99. The average molecular weight is 305 g/mol. The van der Waals surface area contributed by atoms with Gasteiger partial charge in [-0.3, -0.25) is 0 Å². The molecule has 2 aromatic carbocycles. The normalized spacial score (nSPS) is 11.0. The third-order valence-corrected chi connectivity index (χ3v) is 4.24. The number of halogens is 1. The molecule has 2 rings (SSSR count). The topological polar surface area (TPSA) is 96.0 Å². The summed E-state index contributed by atoms with van der Waals surface area (Å²) in [7, 11) is -3.99. The number of nitrogen functional groups attached to an aromatic ring is 1. The highest BCUT2D eigenvalue weighted by Gasteiger charge is 2.20. The van der Waals surface area contributed by atoms with Crippen LogP contribution in [0.25, 0.3) is 0 Å². The minimum Gasteiger partial charge on any atom is -0.399 e. The number of hydrogen-bond acceptors (Lipinski definition) is 4. The van der Waals surface area contributed by atoms with Gasteiger partial charge in [-0.15, -0.1) is 0 Å². The molecule has 0 spiro atoms. The number of nitrogens with one attached hydrogen (secondary N) is 1. The molecule has 7 heteroatoms. The van der Waals surface area contributed by atoms with Crippen LogP contribution in [0.1, 0.15) is 11.1 Å². The predicted octanol–water partition coefficient (Wildman–Crippen LogP) is 1.76. The van der Waals surface area contributed by atoms with Crippen LogP contribution in [0.4, 0.5) is 10.1 Å². The van der Waals surface area contributed by atoms with Gasteiger partial charge in [-0.1, -0.05) is 18.2 Å². The molecule has 108 valence electrons. The first-order chi connectivity index (χ1) is 9.94. The zero-order valence-corrected chi connectivity index (χ0v) is 11.7. The standard InChI is InChI=1S/C14H12FN3O2S/c15-13-5-2-6-14(12(13)8-16)21(19,20)18-9-10-3-1-4-11(17)7-10/h1-7,18H,9,17H2. The fraction of sp³-hybridized carbons (Fsp3) is 0.0714. The average Bonchev–Trinajstić information content (AvgIpc) is 2.45. The molecule has 0 unspecified atom stereocenters. The van der Waals surface area contributed by atoms with Gasteiger partial charge in [-0.2, -0.15) is 5.26 Å². The summed E-state index contributed by atoms with van der Waals surface area (Å²) < 4.78 is 40.1. The molecule has 0 aliphatic carbocycles. The summed E-state index contributed by atoms with van der Waals surface area (Å²) in [5.41, 5.74) is 6.27. The largest absolute Gasteiger partial charge is 0.399 e. The molecule has 0 saturated heterocycles. The van der Waals surface area contributed by atoms with Gasteiger partial charge in [0.25, 0.3) is 0 Å². The number of benzene rings is 2. The minimum absolute atomic E-state index is 0.00520. The van der Waals surface area contributed by atoms with Crippen LogP contribution in [0.2, 0.25) is 0 Å². The highest BCUT2D eigenvalue weighted by Crippen LogP contribution is 2.18. The van der Waals surface area contributed by atoms with Gasteiger partial charge in [-0.05, 0) is 29.8 Å². The van der Waals surface area contributed by atoms with Crippen molar-refractivity contribution in [2.45, 2.75) is 11.4 Å². The summed E-state index contributed by atoms with van der Waals surface area (Å²) in [6.45, 7) is -0.00520. The Hall–Kier alpha value is -2.43. The van der Waals surface area contributed by atoms with E-state index in [-0.39, 0.29) is 11.4 Å². The fourth-order valence-electron chi connectivity index (χ4n) is 1.80. The van der Waals surface area contributed by atoms with Gasteiger partial charge >= 0.3 is 0 Å². The first-order valence-electron chi connectivity index (χ1n) is 5.97. The van der Waals surface area contributed by atoms with Gasteiger partial charge in [0, 0.05) is 12.2 Å². The molecule has 5 nitrogen and oxygen atoms in total. The molecule has 0 aliphatic heterocycles. The van der Waals surface area contributed by atoms with Crippen LogP contribution in [0.3, 0.4) is 0 Å². The van der Waals surface area contributed by atoms with E-state index < -0.39 is 21.4 Å². The van der Waals surface area contributed by atoms with Crippen molar-refractivity contribution >= 4 is 15.7 Å². The van der Waals surface area contributed by atoms with Crippen molar-refractivity contribution in [3.8, 4) is 6.07 Å². The summed E-state index contributed by atoms with van der Waals surface area (Å²) in [4.78, 5) is -0.381. The van der Waals surface area contributed by atoms with Gasteiger partial charge in [0.05, 0.1) is 0 Å². The van der Waals surface area contributed by atoms with E-state index >= 15 is 0 Å². The second-order valence-corrected chi connectivity index (χ2v) is 6.03. The Morgan fingerprint density at radius 1 is 1.24 bits per heavy atom. The van der Waals surface area contributed by atoms with Crippen LogP contribution in [-0.2, 0) is 16.6 Å². The maximum atomic E-state index is 13.5. The van der Waals surface area contributed by atoms with E-state index in [4.69, 9.17) is 11.0 Å². The van der Waals surface area contributed by atoms with E-state index in [2.05, 4.69) is 4.72 Å². The zero-order valence-electron chi connectivity index (χ0n) is 10.9. The maximum Gasteiger partial charge on any atom is 0.242 e. The number of hydrogen-bond donors (Lipinski definition) is 2. The van der Waals surface area contributed by atoms with Crippen LogP contribution >= 0.6 is 0 Å². The SMILES string of the molecule is N#Cc1c(F)cccc1S(=O)(=O)NCc1cccc(N)c1. The van der Waals surface area contributed by atoms with Gasteiger partial charge < -0.3 is 5.73 Å². The van der Waals surface area contributed by atoms with Crippen molar-refractivity contribution in [3.63, 3.8) is 0 Å². The highest BCUT2D eigenvalue weighted by molar-refractivity contribution is 7.89. The smallest absolute Gasteiger partial charge is 0.242 e. The quantitative estimate of drug-likeness (QED) is 0.841. The lowest BCUT2D eigenvalue weighted by Gasteiger charge is -2.09. The zero-order chi connectivity index (χ0) is 15.5. The number of nitriles is 1. The fourth-order valence-corrected chi connectivity index (χ4v) is 2.98. The molecule has 0 amide bonds. The van der Waals surface area contributed by atoms with Crippen molar-refractivity contribution in [1.29, 1.82) is 5.26 Å². The van der Waals surface area contributed by atoms with E-state index in [0.29, 0.717) is 11.3 Å². The molecule has 0 aromatic heterocycles. The Morgan fingerprint density at radius 3 is 2.62 bits per heavy atom. The molecule has 0 atom stereocenters. The van der Waals surface area contributed by atoms with Gasteiger partial charge in [0.1, 0.15) is 22.3 Å². The van der Waals surface area contributed by atoms with Crippen LogP contribution in [0.15, 0.2) is 47.4 Å². The molecule has 21 heavy (non-hydrogen) atoms. The third kappa shape index (κ3) is 3.37. The molecule has 0 fully saturated rings. The Bertz CT molecular complexity index is 813. The van der Waals surface area contributed by atoms with E-state index in [1.807, 2.05) is 0 Å². The number of anilines is 1. The summed E-state index contributed by atoms with van der Waals surface area (Å²) in [5, 5.41) is 8.89. The van der Waals surface area contributed by atoms with Crippen molar-refractivity contribution in [3.05, 3.63) is 59.4 Å². The summed E-state index contributed by atoms with van der Waals surface area (Å²) in [5.74, 6) is -0.871. The van der Waals surface area contributed by atoms with Crippen molar-refractivity contribution < 1.29 is 12.8 Å². The Morgan fingerprint density at radius 2 is 1.95 bits per heavy atom. The number of sulfonamides is 1. The molecular weight excluding hydrogens is 293 g/mol. The molecule has 2 aromatic rings. The summed E-state index contributed by atoms with van der Waals surface area (Å²) in [6, 6.07) is 11.7. The first-order valence-corrected chi connectivity index (χ1v) is 7.45. The van der Waals surface area contributed by atoms with E-state index in [1.165, 1.54) is 12.1 Å². The molecule has 0 saturated carbocycles. The molecule has 0 aliphatic rings. The van der Waals surface area contributed by atoms with Crippen LogP contribution in [-0.4, -0.2) is 8.42 Å². The molecule has 0 bridgehead atoms. The summed E-state index contributed by atoms with van der Waals surface area (Å²) in [6.07, 6.45) is 0. The second kappa shape index (κ2) is 5.91. The van der Waals surface area contributed by atoms with Crippen molar-refractivity contribution in [2.75, 3.05) is 5.73 Å². The van der Waals surface area contributed by atoms with Crippen LogP contribution < -0.4 is 10.5 Å². The molecule has 3 N–H and O–H groups in total. The van der Waals surface area contributed by atoms with Crippen LogP contribution in [0, 0.1) is 17.1 Å². The molecule has 0 heterocycles. The van der Waals surface area contributed by atoms with E-state index in [1.54, 1.807) is 30.3 Å². The molecule has 0 radical (unpaired) electrons. The van der Waals surface area contributed by atoms with Crippen molar-refractivity contribution in [1.82, 2.24) is 4.72 Å². The van der Waals surface area contributed by atoms with Crippen molar-refractivity contribution in [2.24, 2.45) is 0 Å². The lowest BCUT2D eigenvalue weighted by atomic mass is 10.2. The Labute approximate surface area is 121 Å². The number of nitrogens with zero attached hydrogens (tertiary/aromatic N) is 1. The highest BCUT2D eigenvalue weighted by atomic mass is 32.2. The monoisotopic (exact) mass is 305 g/mol. The number of nitrogens with two attached hydrogens (primary N) is 1. The maximum absolute atomic E-state index is 13.5. The summed E-state index contributed by atoms with van der Waals surface area (Å²) >= 11 is 0. The lowest BCUT2D eigenvalue weighted by molar-refractivity contribution is 0.576. The third-order valence-electron chi connectivity index (χ3n) is 2.79. The Balaban J connectivity index is 2.28. The predicted molar refractivity (Wildman–Crippen MR) is 76.0 cm³/mol. The molecular formula is C14H12FN3O2S. The van der Waals surface area contributed by atoms with Gasteiger partial charge in [0.15, 0.2) is 0 Å². The first kappa shape index (κ1) is 15.0.